The van der Waals surface area contributed by atoms with E-state index in [-0.39, 0.29) is 0 Å². The van der Waals surface area contributed by atoms with Crippen LogP contribution in [0, 0.1) is 29.1 Å². The van der Waals surface area contributed by atoms with Crippen molar-refractivity contribution >= 4 is 5.97 Å². The van der Waals surface area contributed by atoms with Crippen molar-refractivity contribution in [2.24, 2.45) is 0 Å². The average molecular weight is 316 g/mol. The number of rotatable bonds is 3. The summed E-state index contributed by atoms with van der Waals surface area (Å²) in [6.45, 7) is 1.40. The number of carbonyl (C=O) groups excluding carboxylic acids is 1. The molecule has 2 aromatic carbocycles. The second-order valence-corrected chi connectivity index (χ2v) is 4.40. The number of esters is 1. The molecular formula is C15H9F5O2. The van der Waals surface area contributed by atoms with E-state index >= 15 is 0 Å². The van der Waals surface area contributed by atoms with Gasteiger partial charge in [0.15, 0.2) is 23.3 Å². The van der Waals surface area contributed by atoms with Crippen LogP contribution in [-0.4, -0.2) is 5.97 Å². The van der Waals surface area contributed by atoms with Gasteiger partial charge in [0.05, 0.1) is 0 Å². The third-order valence-corrected chi connectivity index (χ3v) is 2.97. The highest BCUT2D eigenvalue weighted by Crippen LogP contribution is 2.26. The number of carbonyl (C=O) groups is 1. The van der Waals surface area contributed by atoms with Crippen molar-refractivity contribution in [2.75, 3.05) is 0 Å². The fourth-order valence-corrected chi connectivity index (χ4v) is 1.80. The van der Waals surface area contributed by atoms with Gasteiger partial charge in [-0.25, -0.2) is 26.7 Å². The first-order valence-electron chi connectivity index (χ1n) is 6.12. The van der Waals surface area contributed by atoms with Crippen molar-refractivity contribution in [3.63, 3.8) is 0 Å². The van der Waals surface area contributed by atoms with Gasteiger partial charge >= 0.3 is 5.97 Å². The minimum Gasteiger partial charge on any atom is -0.454 e. The molecule has 2 rings (SSSR count). The van der Waals surface area contributed by atoms with Gasteiger partial charge in [-0.05, 0) is 12.5 Å². The molecule has 2 aromatic rings. The summed E-state index contributed by atoms with van der Waals surface area (Å²) in [6, 6.07) is 8.13. The molecule has 0 spiro atoms. The molecule has 0 aliphatic carbocycles. The van der Waals surface area contributed by atoms with Crippen LogP contribution >= 0.6 is 0 Å². The Bertz CT molecular complexity index is 687. The van der Waals surface area contributed by atoms with Gasteiger partial charge in [-0.1, -0.05) is 30.3 Å². The molecule has 0 radical (unpaired) electrons. The third-order valence-electron chi connectivity index (χ3n) is 2.97. The topological polar surface area (TPSA) is 26.3 Å². The van der Waals surface area contributed by atoms with Crippen LogP contribution in [0.1, 0.15) is 28.9 Å². The Kier molecular flexibility index (Phi) is 4.44. The first kappa shape index (κ1) is 15.9. The first-order chi connectivity index (χ1) is 10.3. The molecule has 116 valence electrons. The Morgan fingerprint density at radius 3 is 1.82 bits per heavy atom. The van der Waals surface area contributed by atoms with Gasteiger partial charge in [0.1, 0.15) is 11.7 Å². The fourth-order valence-electron chi connectivity index (χ4n) is 1.80. The molecule has 0 bridgehead atoms. The number of hydrogen-bond acceptors (Lipinski definition) is 2. The second kappa shape index (κ2) is 6.13. The minimum atomic E-state index is -2.33. The zero-order chi connectivity index (χ0) is 16.4. The number of ether oxygens (including phenoxy) is 1. The van der Waals surface area contributed by atoms with Crippen molar-refractivity contribution in [1.82, 2.24) is 0 Å². The molecule has 7 heteroatoms. The Morgan fingerprint density at radius 1 is 0.864 bits per heavy atom. The second-order valence-electron chi connectivity index (χ2n) is 4.40. The summed E-state index contributed by atoms with van der Waals surface area (Å²) < 4.78 is 70.7. The van der Waals surface area contributed by atoms with E-state index in [2.05, 4.69) is 0 Å². The zero-order valence-corrected chi connectivity index (χ0v) is 11.2. The van der Waals surface area contributed by atoms with Crippen molar-refractivity contribution in [1.29, 1.82) is 0 Å². The molecule has 0 aliphatic rings. The molecule has 0 amide bonds. The SMILES string of the molecule is CC(OC(=O)c1c(F)c(F)c(F)c(F)c1F)c1ccccc1. The lowest BCUT2D eigenvalue weighted by atomic mass is 10.1. The van der Waals surface area contributed by atoms with E-state index in [0.29, 0.717) is 5.56 Å². The lowest BCUT2D eigenvalue weighted by molar-refractivity contribution is 0.0323. The van der Waals surface area contributed by atoms with Gasteiger partial charge in [0.25, 0.3) is 0 Å². The van der Waals surface area contributed by atoms with Crippen LogP contribution in [0.3, 0.4) is 0 Å². The Morgan fingerprint density at radius 2 is 1.32 bits per heavy atom. The van der Waals surface area contributed by atoms with E-state index in [1.54, 1.807) is 30.3 Å². The standard InChI is InChI=1S/C15H9F5O2/c1-7(8-5-3-2-4-6-8)22-15(21)9-10(16)12(18)14(20)13(19)11(9)17/h2-7H,1H3. The molecule has 1 atom stereocenters. The summed E-state index contributed by atoms with van der Waals surface area (Å²) in [5.41, 5.74) is -1.11. The minimum absolute atomic E-state index is 0.500. The van der Waals surface area contributed by atoms with Crippen LogP contribution in [0.25, 0.3) is 0 Å². The van der Waals surface area contributed by atoms with E-state index in [1.807, 2.05) is 0 Å². The molecule has 0 aromatic heterocycles. The van der Waals surface area contributed by atoms with Gasteiger partial charge in [-0.2, -0.15) is 0 Å². The maximum atomic E-state index is 13.5. The van der Waals surface area contributed by atoms with Crippen molar-refractivity contribution in [2.45, 2.75) is 13.0 Å². The molecule has 0 fully saturated rings. The van der Waals surface area contributed by atoms with Gasteiger partial charge < -0.3 is 4.74 Å². The van der Waals surface area contributed by atoms with Crippen LogP contribution < -0.4 is 0 Å². The van der Waals surface area contributed by atoms with Crippen LogP contribution in [-0.2, 0) is 4.74 Å². The molecule has 0 N–H and O–H groups in total. The van der Waals surface area contributed by atoms with E-state index in [4.69, 9.17) is 4.74 Å². The maximum absolute atomic E-state index is 13.5. The lowest BCUT2D eigenvalue weighted by Crippen LogP contribution is -2.16. The van der Waals surface area contributed by atoms with Gasteiger partial charge in [0.2, 0.25) is 5.82 Å². The molecule has 0 heterocycles. The molecule has 2 nitrogen and oxygen atoms in total. The summed E-state index contributed by atoms with van der Waals surface area (Å²) in [5, 5.41) is 0. The summed E-state index contributed by atoms with van der Waals surface area (Å²) in [6.07, 6.45) is -0.927. The summed E-state index contributed by atoms with van der Waals surface area (Å²) in [7, 11) is 0. The Labute approximate surface area is 122 Å². The molecule has 0 saturated carbocycles. The first-order valence-corrected chi connectivity index (χ1v) is 6.12. The summed E-state index contributed by atoms with van der Waals surface area (Å²) in [4.78, 5) is 11.7. The number of halogens is 5. The molecule has 0 aliphatic heterocycles. The number of benzene rings is 2. The largest absolute Gasteiger partial charge is 0.454 e. The summed E-state index contributed by atoms with van der Waals surface area (Å²) in [5.74, 6) is -12.8. The van der Waals surface area contributed by atoms with Crippen LogP contribution in [0.15, 0.2) is 30.3 Å². The molecular weight excluding hydrogens is 307 g/mol. The highest BCUT2D eigenvalue weighted by molar-refractivity contribution is 5.90. The van der Waals surface area contributed by atoms with Crippen LogP contribution in [0.5, 0.6) is 0 Å². The van der Waals surface area contributed by atoms with Crippen LogP contribution in [0.4, 0.5) is 22.0 Å². The molecule has 0 saturated heterocycles. The zero-order valence-electron chi connectivity index (χ0n) is 11.2. The van der Waals surface area contributed by atoms with E-state index < -0.39 is 46.7 Å². The van der Waals surface area contributed by atoms with Crippen molar-refractivity contribution in [3.05, 3.63) is 70.5 Å². The summed E-state index contributed by atoms with van der Waals surface area (Å²) >= 11 is 0. The number of hydrogen-bond donors (Lipinski definition) is 0. The van der Waals surface area contributed by atoms with Crippen molar-refractivity contribution < 1.29 is 31.5 Å². The smallest absolute Gasteiger partial charge is 0.344 e. The van der Waals surface area contributed by atoms with Gasteiger partial charge in [0, 0.05) is 0 Å². The van der Waals surface area contributed by atoms with Crippen molar-refractivity contribution in [3.8, 4) is 0 Å². The lowest BCUT2D eigenvalue weighted by Gasteiger charge is -2.14. The maximum Gasteiger partial charge on any atom is 0.344 e. The third kappa shape index (κ3) is 2.79. The van der Waals surface area contributed by atoms with Crippen LogP contribution in [0.2, 0.25) is 0 Å². The highest BCUT2D eigenvalue weighted by atomic mass is 19.2. The van der Waals surface area contributed by atoms with E-state index in [1.165, 1.54) is 6.92 Å². The molecule has 1 unspecified atom stereocenters. The Hall–Kier alpha value is -2.44. The highest BCUT2D eigenvalue weighted by Gasteiger charge is 2.31. The Balaban J connectivity index is 2.35. The van der Waals surface area contributed by atoms with E-state index in [9.17, 15) is 26.7 Å². The predicted molar refractivity (Wildman–Crippen MR) is 66.5 cm³/mol. The normalized spacial score (nSPS) is 12.1. The van der Waals surface area contributed by atoms with Gasteiger partial charge in [-0.15, -0.1) is 0 Å². The fraction of sp³-hybridized carbons (Fsp3) is 0.133. The predicted octanol–water partition coefficient (Wildman–Crippen LogP) is 4.30. The quantitative estimate of drug-likeness (QED) is 0.365. The molecule has 22 heavy (non-hydrogen) atoms. The monoisotopic (exact) mass is 316 g/mol. The van der Waals surface area contributed by atoms with Gasteiger partial charge in [-0.3, -0.25) is 0 Å². The van der Waals surface area contributed by atoms with E-state index in [0.717, 1.165) is 0 Å². The average Bonchev–Trinajstić information content (AvgIpc) is 2.52.